The fraction of sp³-hybridized carbons (Fsp3) is 0.292. The number of aromatic nitrogens is 3. The lowest BCUT2D eigenvalue weighted by atomic mass is 10.1. The lowest BCUT2D eigenvalue weighted by Crippen LogP contribution is -2.36. The summed E-state index contributed by atoms with van der Waals surface area (Å²) in [5.41, 5.74) is 9.87. The molecule has 0 radical (unpaired) electrons. The zero-order valence-corrected chi connectivity index (χ0v) is 20.5. The highest BCUT2D eigenvalue weighted by Crippen LogP contribution is 2.32. The molecule has 1 aliphatic heterocycles. The molecule has 4 rings (SSSR count). The number of carbonyl (C=O) groups excluding carboxylic acids is 1. The van der Waals surface area contributed by atoms with Gasteiger partial charge in [0, 0.05) is 42.9 Å². The van der Waals surface area contributed by atoms with E-state index in [1.807, 2.05) is 20.2 Å². The van der Waals surface area contributed by atoms with Crippen molar-refractivity contribution in [2.24, 2.45) is 7.05 Å². The lowest BCUT2D eigenvalue weighted by Gasteiger charge is -2.18. The quantitative estimate of drug-likeness (QED) is 0.477. The van der Waals surface area contributed by atoms with Crippen molar-refractivity contribution in [1.29, 1.82) is 0 Å². The van der Waals surface area contributed by atoms with Gasteiger partial charge in [0.05, 0.1) is 34.4 Å². The number of carbonyl (C=O) groups is 1. The predicted molar refractivity (Wildman–Crippen MR) is 130 cm³/mol. The molecule has 1 amide bonds. The summed E-state index contributed by atoms with van der Waals surface area (Å²) >= 11 is 0. The second-order valence-electron chi connectivity index (χ2n) is 8.85. The maximum atomic E-state index is 13.4. The number of anilines is 2. The van der Waals surface area contributed by atoms with Gasteiger partial charge in [0.1, 0.15) is 0 Å². The van der Waals surface area contributed by atoms with Crippen molar-refractivity contribution >= 4 is 23.0 Å². The maximum absolute atomic E-state index is 13.4. The van der Waals surface area contributed by atoms with Crippen LogP contribution in [-0.2, 0) is 19.8 Å². The Balaban J connectivity index is 1.59. The van der Waals surface area contributed by atoms with Gasteiger partial charge in [-0.2, -0.15) is 18.3 Å². The first kappa shape index (κ1) is 25.2. The molecule has 0 fully saturated rings. The first-order valence-corrected chi connectivity index (χ1v) is 11.1. The third kappa shape index (κ3) is 5.34. The van der Waals surface area contributed by atoms with Crippen LogP contribution in [0, 0.1) is 13.8 Å². The number of pyridine rings is 1. The highest BCUT2D eigenvalue weighted by Gasteiger charge is 2.31. The van der Waals surface area contributed by atoms with Crippen LogP contribution in [0.25, 0.3) is 5.70 Å². The Morgan fingerprint density at radius 3 is 2.53 bits per heavy atom. The van der Waals surface area contributed by atoms with E-state index < -0.39 is 17.6 Å². The van der Waals surface area contributed by atoms with Gasteiger partial charge in [-0.1, -0.05) is 0 Å². The van der Waals surface area contributed by atoms with E-state index in [1.165, 1.54) is 12.3 Å². The number of hydrogen-bond acceptors (Lipinski definition) is 7. The van der Waals surface area contributed by atoms with E-state index in [0.29, 0.717) is 23.5 Å². The molecular formula is C24H27F3N8O. The zero-order valence-electron chi connectivity index (χ0n) is 20.5. The number of nitrogens with zero attached hydrogens (tertiary/aromatic N) is 5. The second-order valence-corrected chi connectivity index (χ2v) is 8.85. The Kier molecular flexibility index (Phi) is 6.74. The van der Waals surface area contributed by atoms with E-state index >= 15 is 0 Å². The molecule has 3 heterocycles. The van der Waals surface area contributed by atoms with E-state index in [4.69, 9.17) is 0 Å². The van der Waals surface area contributed by atoms with Crippen LogP contribution in [0.15, 0.2) is 42.9 Å². The van der Waals surface area contributed by atoms with Crippen molar-refractivity contribution in [1.82, 2.24) is 30.6 Å². The summed E-state index contributed by atoms with van der Waals surface area (Å²) in [6.07, 6.45) is 0.414. The largest absolute Gasteiger partial charge is 0.416 e. The second kappa shape index (κ2) is 9.63. The van der Waals surface area contributed by atoms with Crippen molar-refractivity contribution in [3.8, 4) is 0 Å². The molecule has 3 aromatic rings. The number of alkyl halides is 3. The van der Waals surface area contributed by atoms with Crippen molar-refractivity contribution in [3.63, 3.8) is 0 Å². The summed E-state index contributed by atoms with van der Waals surface area (Å²) in [4.78, 5) is 19.1. The molecule has 190 valence electrons. The van der Waals surface area contributed by atoms with Gasteiger partial charge in [0.15, 0.2) is 0 Å². The van der Waals surface area contributed by atoms with Crippen LogP contribution in [0.5, 0.6) is 0 Å². The molecule has 0 saturated heterocycles. The molecule has 12 heteroatoms. The average molecular weight is 501 g/mol. The van der Waals surface area contributed by atoms with E-state index in [9.17, 15) is 18.0 Å². The molecule has 1 aliphatic rings. The van der Waals surface area contributed by atoms with E-state index in [2.05, 4.69) is 26.4 Å². The van der Waals surface area contributed by atoms with E-state index in [-0.39, 0.29) is 11.3 Å². The van der Waals surface area contributed by atoms with Gasteiger partial charge in [-0.15, -0.1) is 5.53 Å². The average Bonchev–Trinajstić information content (AvgIpc) is 3.39. The van der Waals surface area contributed by atoms with Gasteiger partial charge in [-0.05, 0) is 57.8 Å². The van der Waals surface area contributed by atoms with Crippen LogP contribution >= 0.6 is 0 Å². The topological polar surface area (TPSA) is 90.4 Å². The smallest absolute Gasteiger partial charge is 0.322 e. The van der Waals surface area contributed by atoms with E-state index in [1.54, 1.807) is 47.9 Å². The minimum Gasteiger partial charge on any atom is -0.322 e. The molecule has 0 aliphatic carbocycles. The third-order valence-corrected chi connectivity index (χ3v) is 5.75. The molecule has 36 heavy (non-hydrogen) atoms. The van der Waals surface area contributed by atoms with Crippen LogP contribution in [0.3, 0.4) is 0 Å². The number of nitrogens with one attached hydrogen (secondary N) is 3. The van der Waals surface area contributed by atoms with Crippen LogP contribution in [0.1, 0.15) is 38.4 Å². The van der Waals surface area contributed by atoms with Gasteiger partial charge >= 0.3 is 6.18 Å². The van der Waals surface area contributed by atoms with Crippen molar-refractivity contribution in [3.05, 3.63) is 76.5 Å². The Morgan fingerprint density at radius 2 is 1.89 bits per heavy atom. The number of rotatable bonds is 6. The highest BCUT2D eigenvalue weighted by molar-refractivity contribution is 6.04. The molecule has 0 unspecified atom stereocenters. The van der Waals surface area contributed by atoms with Crippen LogP contribution in [-0.4, -0.2) is 39.7 Å². The molecule has 0 atom stereocenters. The molecule has 9 nitrogen and oxygen atoms in total. The number of halogens is 3. The monoisotopic (exact) mass is 500 g/mol. The van der Waals surface area contributed by atoms with Gasteiger partial charge in [0.2, 0.25) is 0 Å². The summed E-state index contributed by atoms with van der Waals surface area (Å²) in [5.74, 6) is -0.571. The molecular weight excluding hydrogens is 473 g/mol. The number of benzene rings is 1. The SMILES string of the molecule is Cc1ncc(C(=O)Nc2cc(CN(C)C)cc(C(F)(F)F)c2)cc1N1C=C(c2cnn(C)c2C)NN1. The standard InChI is InChI=1S/C24H27F3N8O/c1-14-22(35-13-21(31-32-35)20-11-29-34(5)15(20)2)8-17(10-28-14)23(36)30-19-7-16(12-33(3)4)6-18(9-19)24(25,26)27/h6-11,13,31-32H,12H2,1-5H3,(H,30,36). The summed E-state index contributed by atoms with van der Waals surface area (Å²) in [6, 6.07) is 5.17. The number of aryl methyl sites for hydroxylation is 2. The summed E-state index contributed by atoms with van der Waals surface area (Å²) in [7, 11) is 5.37. The predicted octanol–water partition coefficient (Wildman–Crippen LogP) is 3.59. The van der Waals surface area contributed by atoms with Crippen molar-refractivity contribution in [2.45, 2.75) is 26.6 Å². The maximum Gasteiger partial charge on any atom is 0.416 e. The molecule has 3 N–H and O–H groups in total. The van der Waals surface area contributed by atoms with Gasteiger partial charge in [-0.25, -0.2) is 0 Å². The van der Waals surface area contributed by atoms with Crippen LogP contribution < -0.4 is 21.3 Å². The van der Waals surface area contributed by atoms with Gasteiger partial charge < -0.3 is 15.6 Å². The van der Waals surface area contributed by atoms with Crippen LogP contribution in [0.4, 0.5) is 24.5 Å². The lowest BCUT2D eigenvalue weighted by molar-refractivity contribution is -0.137. The van der Waals surface area contributed by atoms with E-state index in [0.717, 1.165) is 29.1 Å². The summed E-state index contributed by atoms with van der Waals surface area (Å²) in [5, 5.41) is 8.52. The van der Waals surface area contributed by atoms with Crippen molar-refractivity contribution in [2.75, 3.05) is 24.4 Å². The van der Waals surface area contributed by atoms with Crippen molar-refractivity contribution < 1.29 is 18.0 Å². The summed E-state index contributed by atoms with van der Waals surface area (Å²) in [6.45, 7) is 4.03. The molecule has 2 aromatic heterocycles. The molecule has 0 spiro atoms. The summed E-state index contributed by atoms with van der Waals surface area (Å²) < 4.78 is 42.1. The Bertz CT molecular complexity index is 1330. The first-order chi connectivity index (χ1) is 16.9. The number of hydrogen-bond donors (Lipinski definition) is 3. The number of hydrazine groups is 2. The molecule has 0 saturated carbocycles. The van der Waals surface area contributed by atoms with Gasteiger partial charge in [-0.3, -0.25) is 19.5 Å². The fourth-order valence-corrected chi connectivity index (χ4v) is 3.82. The normalized spacial score (nSPS) is 13.7. The minimum absolute atomic E-state index is 0.0593. The Hall–Kier alpha value is -3.90. The molecule has 0 bridgehead atoms. The first-order valence-electron chi connectivity index (χ1n) is 11.1. The van der Waals surface area contributed by atoms with Crippen LogP contribution in [0.2, 0.25) is 0 Å². The zero-order chi connectivity index (χ0) is 26.2. The minimum atomic E-state index is -4.54. The highest BCUT2D eigenvalue weighted by atomic mass is 19.4. The number of amides is 1. The Morgan fingerprint density at radius 1 is 1.14 bits per heavy atom. The molecule has 1 aromatic carbocycles. The third-order valence-electron chi connectivity index (χ3n) is 5.75. The van der Waals surface area contributed by atoms with Gasteiger partial charge in [0.25, 0.3) is 5.91 Å². The Labute approximate surface area is 206 Å². The fourth-order valence-electron chi connectivity index (χ4n) is 3.82.